The molecule has 1 aromatic rings. The molecule has 0 fully saturated rings. The molecule has 0 spiro atoms. The van der Waals surface area contributed by atoms with Crippen molar-refractivity contribution >= 4 is 17.8 Å². The summed E-state index contributed by atoms with van der Waals surface area (Å²) in [6.07, 6.45) is 4.10. The van der Waals surface area contributed by atoms with E-state index in [2.05, 4.69) is 10.3 Å². The van der Waals surface area contributed by atoms with Crippen molar-refractivity contribution in [1.29, 1.82) is 0 Å². The standard InChI is InChI=1S/C14H18N2O5/c17-12(7-6-10-3-2-8-15-9-10)16-11(14(20)21)4-1-5-13(18)19/h2-3,8-9,11H,1,4-7H2,(H,16,17)(H,18,19)(H,20,21)/t11-/m1/s1. The third kappa shape index (κ3) is 7.05. The topological polar surface area (TPSA) is 117 Å². The highest BCUT2D eigenvalue weighted by Gasteiger charge is 2.19. The maximum Gasteiger partial charge on any atom is 0.326 e. The van der Waals surface area contributed by atoms with Gasteiger partial charge < -0.3 is 15.5 Å². The molecule has 114 valence electrons. The lowest BCUT2D eigenvalue weighted by atomic mass is 10.1. The number of hydrogen-bond acceptors (Lipinski definition) is 4. The van der Waals surface area contributed by atoms with E-state index in [9.17, 15) is 14.4 Å². The van der Waals surface area contributed by atoms with Gasteiger partial charge in [-0.05, 0) is 30.9 Å². The van der Waals surface area contributed by atoms with Crippen LogP contribution >= 0.6 is 0 Å². The van der Waals surface area contributed by atoms with Crippen LogP contribution in [0.5, 0.6) is 0 Å². The van der Waals surface area contributed by atoms with Gasteiger partial charge in [0.05, 0.1) is 0 Å². The fourth-order valence-corrected chi connectivity index (χ4v) is 1.79. The molecule has 0 saturated carbocycles. The molecule has 1 heterocycles. The van der Waals surface area contributed by atoms with Gasteiger partial charge in [-0.15, -0.1) is 0 Å². The molecule has 1 aromatic heterocycles. The van der Waals surface area contributed by atoms with Crippen molar-refractivity contribution in [2.45, 2.75) is 38.1 Å². The highest BCUT2D eigenvalue weighted by atomic mass is 16.4. The lowest BCUT2D eigenvalue weighted by molar-refractivity contribution is -0.142. The molecular formula is C14H18N2O5. The molecular weight excluding hydrogens is 276 g/mol. The van der Waals surface area contributed by atoms with Gasteiger partial charge in [0.1, 0.15) is 6.04 Å². The Morgan fingerprint density at radius 1 is 1.24 bits per heavy atom. The number of carboxylic acids is 2. The van der Waals surface area contributed by atoms with E-state index in [4.69, 9.17) is 10.2 Å². The van der Waals surface area contributed by atoms with E-state index in [0.717, 1.165) is 5.56 Å². The van der Waals surface area contributed by atoms with Gasteiger partial charge in [0.2, 0.25) is 5.91 Å². The predicted octanol–water partition coefficient (Wildman–Crippen LogP) is 0.839. The summed E-state index contributed by atoms with van der Waals surface area (Å²) in [6, 6.07) is 2.55. The van der Waals surface area contributed by atoms with Gasteiger partial charge >= 0.3 is 11.9 Å². The van der Waals surface area contributed by atoms with E-state index in [0.29, 0.717) is 6.42 Å². The Morgan fingerprint density at radius 2 is 2.00 bits per heavy atom. The first-order chi connectivity index (χ1) is 9.99. The van der Waals surface area contributed by atoms with Crippen LogP contribution in [0.4, 0.5) is 0 Å². The molecule has 1 rings (SSSR count). The minimum atomic E-state index is -1.16. The van der Waals surface area contributed by atoms with Crippen LogP contribution in [0.1, 0.15) is 31.2 Å². The van der Waals surface area contributed by atoms with Gasteiger partial charge in [-0.1, -0.05) is 6.07 Å². The molecule has 0 radical (unpaired) electrons. The molecule has 0 unspecified atom stereocenters. The zero-order valence-corrected chi connectivity index (χ0v) is 11.5. The minimum absolute atomic E-state index is 0.0975. The summed E-state index contributed by atoms with van der Waals surface area (Å²) in [6.45, 7) is 0. The smallest absolute Gasteiger partial charge is 0.326 e. The van der Waals surface area contributed by atoms with Crippen molar-refractivity contribution in [3.05, 3.63) is 30.1 Å². The van der Waals surface area contributed by atoms with Crippen LogP contribution in [0, 0.1) is 0 Å². The lowest BCUT2D eigenvalue weighted by Gasteiger charge is -2.14. The fraction of sp³-hybridized carbons (Fsp3) is 0.429. The highest BCUT2D eigenvalue weighted by molar-refractivity contribution is 5.83. The summed E-state index contributed by atoms with van der Waals surface area (Å²) in [5, 5.41) is 19.9. The number of carboxylic acid groups (broad SMARTS) is 2. The number of amides is 1. The van der Waals surface area contributed by atoms with Gasteiger partial charge in [-0.2, -0.15) is 0 Å². The molecule has 21 heavy (non-hydrogen) atoms. The lowest BCUT2D eigenvalue weighted by Crippen LogP contribution is -2.40. The first-order valence-electron chi connectivity index (χ1n) is 6.62. The van der Waals surface area contributed by atoms with E-state index < -0.39 is 18.0 Å². The average Bonchev–Trinajstić information content (AvgIpc) is 2.44. The molecule has 0 aromatic carbocycles. The van der Waals surface area contributed by atoms with Gasteiger partial charge in [-0.25, -0.2) is 4.79 Å². The molecule has 0 bridgehead atoms. The highest BCUT2D eigenvalue weighted by Crippen LogP contribution is 2.04. The first kappa shape index (κ1) is 16.6. The number of carbonyl (C=O) groups is 3. The Hall–Kier alpha value is -2.44. The number of rotatable bonds is 9. The average molecular weight is 294 g/mol. The Balaban J connectivity index is 2.38. The predicted molar refractivity (Wildman–Crippen MR) is 73.6 cm³/mol. The number of carbonyl (C=O) groups excluding carboxylic acids is 1. The molecule has 0 aliphatic rings. The number of pyridine rings is 1. The van der Waals surface area contributed by atoms with Gasteiger partial charge in [0.25, 0.3) is 0 Å². The summed E-state index contributed by atoms with van der Waals surface area (Å²) in [5.41, 5.74) is 0.894. The van der Waals surface area contributed by atoms with Crippen LogP contribution in [0.2, 0.25) is 0 Å². The van der Waals surface area contributed by atoms with Gasteiger partial charge in [0, 0.05) is 25.2 Å². The Morgan fingerprint density at radius 3 is 2.57 bits per heavy atom. The van der Waals surface area contributed by atoms with Crippen molar-refractivity contribution in [2.75, 3.05) is 0 Å². The number of aromatic nitrogens is 1. The van der Waals surface area contributed by atoms with Crippen LogP contribution in [0.15, 0.2) is 24.5 Å². The quantitative estimate of drug-likeness (QED) is 0.621. The van der Waals surface area contributed by atoms with Crippen LogP contribution < -0.4 is 5.32 Å². The first-order valence-corrected chi connectivity index (χ1v) is 6.62. The Kier molecular flexibility index (Phi) is 6.86. The monoisotopic (exact) mass is 294 g/mol. The second-order valence-electron chi connectivity index (χ2n) is 4.61. The van der Waals surface area contributed by atoms with E-state index in [1.807, 2.05) is 6.07 Å². The maximum atomic E-state index is 11.7. The second kappa shape index (κ2) is 8.68. The van der Waals surface area contributed by atoms with Crippen molar-refractivity contribution in [3.63, 3.8) is 0 Å². The third-order valence-electron chi connectivity index (χ3n) is 2.88. The van der Waals surface area contributed by atoms with Crippen LogP contribution in [-0.2, 0) is 20.8 Å². The zero-order valence-electron chi connectivity index (χ0n) is 11.5. The van der Waals surface area contributed by atoms with E-state index >= 15 is 0 Å². The van der Waals surface area contributed by atoms with Crippen molar-refractivity contribution in [1.82, 2.24) is 10.3 Å². The zero-order chi connectivity index (χ0) is 15.7. The molecule has 0 aliphatic carbocycles. The van der Waals surface area contributed by atoms with E-state index in [-0.39, 0.29) is 31.6 Å². The number of nitrogens with zero attached hydrogens (tertiary/aromatic N) is 1. The fourth-order valence-electron chi connectivity index (χ4n) is 1.79. The maximum absolute atomic E-state index is 11.7. The molecule has 0 aliphatic heterocycles. The summed E-state index contributed by atoms with van der Waals surface area (Å²) in [4.78, 5) is 37.0. The molecule has 1 amide bonds. The normalized spacial score (nSPS) is 11.6. The van der Waals surface area contributed by atoms with Crippen molar-refractivity contribution in [3.8, 4) is 0 Å². The van der Waals surface area contributed by atoms with E-state index in [1.54, 1.807) is 18.5 Å². The molecule has 7 heteroatoms. The largest absolute Gasteiger partial charge is 0.481 e. The molecule has 1 atom stereocenters. The van der Waals surface area contributed by atoms with Crippen molar-refractivity contribution < 1.29 is 24.6 Å². The summed E-state index contributed by atoms with van der Waals surface area (Å²) >= 11 is 0. The summed E-state index contributed by atoms with van der Waals surface area (Å²) in [5.74, 6) is -2.52. The van der Waals surface area contributed by atoms with Crippen LogP contribution in [0.25, 0.3) is 0 Å². The number of nitrogens with one attached hydrogen (secondary N) is 1. The van der Waals surface area contributed by atoms with Crippen molar-refractivity contribution in [2.24, 2.45) is 0 Å². The molecule has 7 nitrogen and oxygen atoms in total. The Bertz CT molecular complexity index is 489. The van der Waals surface area contributed by atoms with Crippen LogP contribution in [0.3, 0.4) is 0 Å². The number of hydrogen-bond donors (Lipinski definition) is 3. The Labute approximate surface area is 122 Å². The van der Waals surface area contributed by atoms with Crippen LogP contribution in [-0.4, -0.2) is 39.1 Å². The summed E-state index contributed by atoms with van der Waals surface area (Å²) < 4.78 is 0. The van der Waals surface area contributed by atoms with E-state index in [1.165, 1.54) is 0 Å². The second-order valence-corrected chi connectivity index (χ2v) is 4.61. The van der Waals surface area contributed by atoms with Gasteiger partial charge in [0.15, 0.2) is 0 Å². The number of aliphatic carboxylic acids is 2. The molecule has 3 N–H and O–H groups in total. The summed E-state index contributed by atoms with van der Waals surface area (Å²) in [7, 11) is 0. The third-order valence-corrected chi connectivity index (χ3v) is 2.88. The molecule has 0 saturated heterocycles. The number of aryl methyl sites for hydroxylation is 1. The SMILES string of the molecule is O=C(O)CCC[C@@H](NC(=O)CCc1cccnc1)C(=O)O. The minimum Gasteiger partial charge on any atom is -0.481 e. The van der Waals surface area contributed by atoms with Gasteiger partial charge in [-0.3, -0.25) is 14.6 Å².